The van der Waals surface area contributed by atoms with Gasteiger partial charge in [-0.3, -0.25) is 14.5 Å². The number of carbonyl (C=O) groups is 2. The SMILES string of the molecule is Cc1ccc(NC(=O)C2CC(=O)N(CCc3ccc(Cl)cc3)C(=Nc3cccc(Cl)c3)S2)c(C)c1. The van der Waals surface area contributed by atoms with Crippen LogP contribution in [0.2, 0.25) is 10.0 Å². The van der Waals surface area contributed by atoms with Crippen molar-refractivity contribution in [1.29, 1.82) is 0 Å². The van der Waals surface area contributed by atoms with E-state index in [2.05, 4.69) is 5.32 Å². The van der Waals surface area contributed by atoms with E-state index >= 15 is 0 Å². The highest BCUT2D eigenvalue weighted by Crippen LogP contribution is 2.31. The smallest absolute Gasteiger partial charge is 0.238 e. The predicted octanol–water partition coefficient (Wildman–Crippen LogP) is 6.81. The average molecular weight is 526 g/mol. The molecule has 4 rings (SSSR count). The van der Waals surface area contributed by atoms with Gasteiger partial charge in [0.05, 0.1) is 5.69 Å². The highest BCUT2D eigenvalue weighted by Gasteiger charge is 2.36. The second kappa shape index (κ2) is 11.3. The van der Waals surface area contributed by atoms with Crippen LogP contribution < -0.4 is 5.32 Å². The number of rotatable bonds is 6. The van der Waals surface area contributed by atoms with Gasteiger partial charge in [-0.05, 0) is 67.8 Å². The van der Waals surface area contributed by atoms with E-state index in [-0.39, 0.29) is 18.2 Å². The van der Waals surface area contributed by atoms with Crippen molar-refractivity contribution in [1.82, 2.24) is 4.90 Å². The van der Waals surface area contributed by atoms with Crippen molar-refractivity contribution >= 4 is 63.3 Å². The van der Waals surface area contributed by atoms with Crippen LogP contribution in [0.5, 0.6) is 0 Å². The third-order valence-corrected chi connectivity index (χ3v) is 7.32. The second-order valence-electron chi connectivity index (χ2n) is 8.41. The van der Waals surface area contributed by atoms with E-state index in [1.54, 1.807) is 23.1 Å². The molecule has 1 aliphatic rings. The number of hydrogen-bond donors (Lipinski definition) is 1. The molecular formula is C27H25Cl2N3O2S. The summed E-state index contributed by atoms with van der Waals surface area (Å²) >= 11 is 13.4. The van der Waals surface area contributed by atoms with Gasteiger partial charge in [0.2, 0.25) is 11.8 Å². The van der Waals surface area contributed by atoms with Gasteiger partial charge in [-0.25, -0.2) is 4.99 Å². The molecule has 0 aromatic heterocycles. The van der Waals surface area contributed by atoms with Gasteiger partial charge in [0.25, 0.3) is 0 Å². The molecule has 1 heterocycles. The van der Waals surface area contributed by atoms with Crippen LogP contribution in [-0.4, -0.2) is 33.7 Å². The van der Waals surface area contributed by atoms with Crippen LogP contribution in [0.25, 0.3) is 0 Å². The molecule has 2 amide bonds. The molecule has 180 valence electrons. The minimum Gasteiger partial charge on any atom is -0.325 e. The first-order chi connectivity index (χ1) is 16.8. The average Bonchev–Trinajstić information content (AvgIpc) is 2.81. The number of hydrogen-bond acceptors (Lipinski definition) is 4. The number of nitrogens with one attached hydrogen (secondary N) is 1. The first-order valence-electron chi connectivity index (χ1n) is 11.2. The van der Waals surface area contributed by atoms with Gasteiger partial charge in [-0.2, -0.15) is 0 Å². The maximum atomic E-state index is 13.2. The molecule has 3 aromatic carbocycles. The molecule has 8 heteroatoms. The van der Waals surface area contributed by atoms with Crippen LogP contribution in [0.15, 0.2) is 71.7 Å². The van der Waals surface area contributed by atoms with Crippen LogP contribution in [0.4, 0.5) is 11.4 Å². The Hall–Kier alpha value is -2.80. The van der Waals surface area contributed by atoms with E-state index in [9.17, 15) is 9.59 Å². The van der Waals surface area contributed by atoms with E-state index in [4.69, 9.17) is 28.2 Å². The van der Waals surface area contributed by atoms with Crippen LogP contribution in [0.1, 0.15) is 23.1 Å². The van der Waals surface area contributed by atoms with Crippen molar-refractivity contribution in [2.75, 3.05) is 11.9 Å². The molecule has 0 spiro atoms. The number of nitrogens with zero attached hydrogens (tertiary/aromatic N) is 2. The fraction of sp³-hybridized carbons (Fsp3) is 0.222. The number of aliphatic imine (C=N–C) groups is 1. The van der Waals surface area contributed by atoms with Crippen LogP contribution >= 0.6 is 35.0 Å². The summed E-state index contributed by atoms with van der Waals surface area (Å²) in [5.74, 6) is -0.356. The number of benzene rings is 3. The molecule has 1 unspecified atom stereocenters. The lowest BCUT2D eigenvalue weighted by Crippen LogP contribution is -2.46. The normalized spacial score (nSPS) is 17.0. The summed E-state index contributed by atoms with van der Waals surface area (Å²) in [5, 5.41) is 4.09. The highest BCUT2D eigenvalue weighted by molar-refractivity contribution is 8.15. The van der Waals surface area contributed by atoms with Gasteiger partial charge >= 0.3 is 0 Å². The molecule has 35 heavy (non-hydrogen) atoms. The first-order valence-corrected chi connectivity index (χ1v) is 12.9. The van der Waals surface area contributed by atoms with Crippen LogP contribution in [0, 0.1) is 13.8 Å². The number of amidine groups is 1. The van der Waals surface area contributed by atoms with Crippen LogP contribution in [0.3, 0.4) is 0 Å². The van der Waals surface area contributed by atoms with Crippen molar-refractivity contribution < 1.29 is 9.59 Å². The Bertz CT molecular complexity index is 1280. The number of carbonyl (C=O) groups excluding carboxylic acids is 2. The zero-order valence-electron chi connectivity index (χ0n) is 19.4. The summed E-state index contributed by atoms with van der Waals surface area (Å²) in [4.78, 5) is 32.7. The van der Waals surface area contributed by atoms with Crippen molar-refractivity contribution in [3.05, 3.63) is 93.5 Å². The number of amides is 2. The maximum absolute atomic E-state index is 13.2. The van der Waals surface area contributed by atoms with Gasteiger partial charge in [-0.1, -0.05) is 70.9 Å². The maximum Gasteiger partial charge on any atom is 0.238 e. The molecule has 1 fully saturated rings. The Labute approximate surface area is 219 Å². The van der Waals surface area contributed by atoms with Gasteiger partial charge in [0.1, 0.15) is 5.25 Å². The molecule has 1 N–H and O–H groups in total. The summed E-state index contributed by atoms with van der Waals surface area (Å²) in [7, 11) is 0. The summed E-state index contributed by atoms with van der Waals surface area (Å²) in [6.07, 6.45) is 0.730. The first kappa shape index (κ1) is 25.3. The molecule has 1 saturated heterocycles. The third kappa shape index (κ3) is 6.66. The van der Waals surface area contributed by atoms with Crippen molar-refractivity contribution in [2.24, 2.45) is 4.99 Å². The monoisotopic (exact) mass is 525 g/mol. The van der Waals surface area contributed by atoms with Gasteiger partial charge < -0.3 is 5.32 Å². The zero-order chi connectivity index (χ0) is 24.9. The molecule has 3 aromatic rings. The van der Waals surface area contributed by atoms with Gasteiger partial charge in [0.15, 0.2) is 5.17 Å². The Morgan fingerprint density at radius 3 is 2.54 bits per heavy atom. The Kier molecular flexibility index (Phi) is 8.16. The highest BCUT2D eigenvalue weighted by atomic mass is 35.5. The fourth-order valence-corrected chi connectivity index (χ4v) is 5.21. The molecule has 0 saturated carbocycles. The van der Waals surface area contributed by atoms with E-state index in [1.165, 1.54) is 11.8 Å². The summed E-state index contributed by atoms with van der Waals surface area (Å²) in [6, 6.07) is 20.5. The summed E-state index contributed by atoms with van der Waals surface area (Å²) in [6.45, 7) is 4.40. The topological polar surface area (TPSA) is 61.8 Å². The molecular weight excluding hydrogens is 501 g/mol. The van der Waals surface area contributed by atoms with Gasteiger partial charge in [-0.15, -0.1) is 0 Å². The number of aryl methyl sites for hydroxylation is 2. The van der Waals surface area contributed by atoms with E-state index in [0.717, 1.165) is 22.4 Å². The lowest BCUT2D eigenvalue weighted by atomic mass is 10.1. The van der Waals surface area contributed by atoms with Crippen molar-refractivity contribution in [3.63, 3.8) is 0 Å². The summed E-state index contributed by atoms with van der Waals surface area (Å²) < 4.78 is 0. The zero-order valence-corrected chi connectivity index (χ0v) is 21.8. The summed E-state index contributed by atoms with van der Waals surface area (Å²) in [5.41, 5.74) is 4.52. The number of halogens is 2. The van der Waals surface area contributed by atoms with Crippen molar-refractivity contribution in [3.8, 4) is 0 Å². The number of thioether (sulfide) groups is 1. The van der Waals surface area contributed by atoms with E-state index in [0.29, 0.717) is 33.9 Å². The number of anilines is 1. The van der Waals surface area contributed by atoms with Crippen LogP contribution in [-0.2, 0) is 16.0 Å². The van der Waals surface area contributed by atoms with Gasteiger partial charge in [0, 0.05) is 28.7 Å². The Morgan fingerprint density at radius 2 is 1.83 bits per heavy atom. The predicted molar refractivity (Wildman–Crippen MR) is 146 cm³/mol. The third-order valence-electron chi connectivity index (χ3n) is 5.64. The Balaban J connectivity index is 1.56. The minimum atomic E-state index is -0.590. The Morgan fingerprint density at radius 1 is 1.06 bits per heavy atom. The minimum absolute atomic E-state index is 0.0938. The lowest BCUT2D eigenvalue weighted by molar-refractivity contribution is -0.129. The molecule has 1 aliphatic heterocycles. The molecule has 5 nitrogen and oxygen atoms in total. The largest absolute Gasteiger partial charge is 0.325 e. The van der Waals surface area contributed by atoms with E-state index < -0.39 is 5.25 Å². The second-order valence-corrected chi connectivity index (χ2v) is 10.5. The molecule has 0 aliphatic carbocycles. The standard InChI is InChI=1S/C27H25Cl2N3O2S/c1-17-6-11-23(18(2)14-17)31-26(34)24-16-25(33)32(13-12-19-7-9-20(28)10-8-19)27(35-24)30-22-5-3-4-21(29)15-22/h3-11,14-15,24H,12-13,16H2,1-2H3,(H,31,34). The quantitative estimate of drug-likeness (QED) is 0.384. The van der Waals surface area contributed by atoms with Crippen molar-refractivity contribution in [2.45, 2.75) is 31.9 Å². The molecule has 0 radical (unpaired) electrons. The van der Waals surface area contributed by atoms with E-state index in [1.807, 2.05) is 62.4 Å². The molecule has 1 atom stereocenters. The molecule has 0 bridgehead atoms. The fourth-order valence-electron chi connectivity index (χ4n) is 3.78. The lowest BCUT2D eigenvalue weighted by Gasteiger charge is -2.32.